The number of para-hydroxylation sites is 1. The Morgan fingerprint density at radius 3 is 2.54 bits per heavy atom. The van der Waals surface area contributed by atoms with Crippen molar-refractivity contribution in [1.82, 2.24) is 4.90 Å². The van der Waals surface area contributed by atoms with E-state index in [0.29, 0.717) is 17.9 Å². The van der Waals surface area contributed by atoms with Crippen LogP contribution < -0.4 is 10.6 Å². The first kappa shape index (κ1) is 21.2. The van der Waals surface area contributed by atoms with Crippen LogP contribution in [-0.2, 0) is 4.79 Å². The number of nitro benzene ring substituents is 1. The maximum absolute atomic E-state index is 12.6. The predicted molar refractivity (Wildman–Crippen MR) is 111 cm³/mol. The van der Waals surface area contributed by atoms with Gasteiger partial charge in [0.1, 0.15) is 5.69 Å². The monoisotopic (exact) mass is 402 g/mol. The third kappa shape index (κ3) is 5.23. The summed E-state index contributed by atoms with van der Waals surface area (Å²) in [7, 11) is 1.48. The van der Waals surface area contributed by atoms with E-state index in [9.17, 15) is 19.7 Å². The van der Waals surface area contributed by atoms with Gasteiger partial charge >= 0.3 is 0 Å². The summed E-state index contributed by atoms with van der Waals surface area (Å²) in [5.74, 6) is -0.824. The van der Waals surface area contributed by atoms with Crippen LogP contribution in [0.4, 0.5) is 17.1 Å². The fourth-order valence-corrected chi connectivity index (χ4v) is 3.15. The molecule has 0 saturated carbocycles. The average Bonchev–Trinajstić information content (AvgIpc) is 2.68. The molecule has 0 aliphatic rings. The van der Waals surface area contributed by atoms with Gasteiger partial charge in [0.05, 0.1) is 17.2 Å². The van der Waals surface area contributed by atoms with Crippen LogP contribution in [0.1, 0.15) is 17.3 Å². The summed E-state index contributed by atoms with van der Waals surface area (Å²) in [6, 6.07) is 11.6. The molecule has 0 aromatic heterocycles. The topological polar surface area (TPSA) is 105 Å². The number of amides is 2. The number of hydrogen-bond donors (Lipinski definition) is 2. The SMILES string of the molecule is CCNc1ccc(C(=O)N(C)CC(=O)Nc2ccccc2SC)cc1[N+](=O)[O-]. The van der Waals surface area contributed by atoms with E-state index in [1.54, 1.807) is 6.07 Å². The van der Waals surface area contributed by atoms with Crippen LogP contribution in [0.2, 0.25) is 0 Å². The van der Waals surface area contributed by atoms with Crippen LogP contribution in [0.15, 0.2) is 47.4 Å². The number of hydrogen-bond acceptors (Lipinski definition) is 6. The number of likely N-dealkylation sites (N-methyl/N-ethyl adjacent to an activating group) is 1. The third-order valence-electron chi connectivity index (χ3n) is 3.92. The first-order valence-electron chi connectivity index (χ1n) is 8.58. The largest absolute Gasteiger partial charge is 0.380 e. The van der Waals surface area contributed by atoms with E-state index in [-0.39, 0.29) is 23.7 Å². The lowest BCUT2D eigenvalue weighted by Gasteiger charge is -2.18. The number of nitrogens with one attached hydrogen (secondary N) is 2. The van der Waals surface area contributed by atoms with Crippen molar-refractivity contribution in [3.63, 3.8) is 0 Å². The van der Waals surface area contributed by atoms with Gasteiger partial charge in [0.15, 0.2) is 0 Å². The molecule has 2 aromatic carbocycles. The first-order valence-corrected chi connectivity index (χ1v) is 9.80. The molecule has 2 N–H and O–H groups in total. The van der Waals surface area contributed by atoms with Gasteiger partial charge in [-0.05, 0) is 37.4 Å². The maximum Gasteiger partial charge on any atom is 0.293 e. The van der Waals surface area contributed by atoms with Gasteiger partial charge in [-0.1, -0.05) is 12.1 Å². The van der Waals surface area contributed by atoms with Crippen molar-refractivity contribution in [2.75, 3.05) is 37.0 Å². The van der Waals surface area contributed by atoms with E-state index in [4.69, 9.17) is 0 Å². The molecule has 2 amide bonds. The third-order valence-corrected chi connectivity index (χ3v) is 4.71. The molecule has 0 bridgehead atoms. The standard InChI is InChI=1S/C19H22N4O4S/c1-4-20-14-10-9-13(11-16(14)23(26)27)19(25)22(2)12-18(24)21-15-7-5-6-8-17(15)28-3/h5-11,20H,4,12H2,1-3H3,(H,21,24). The van der Waals surface area contributed by atoms with Crippen LogP contribution in [0, 0.1) is 10.1 Å². The van der Waals surface area contributed by atoms with Gasteiger partial charge in [-0.15, -0.1) is 11.8 Å². The van der Waals surface area contributed by atoms with E-state index in [0.717, 1.165) is 4.90 Å². The van der Waals surface area contributed by atoms with Crippen molar-refractivity contribution >= 4 is 40.6 Å². The van der Waals surface area contributed by atoms with Crippen LogP contribution in [-0.4, -0.2) is 48.0 Å². The van der Waals surface area contributed by atoms with E-state index in [1.807, 2.05) is 31.4 Å². The molecule has 28 heavy (non-hydrogen) atoms. The van der Waals surface area contributed by atoms with Gasteiger partial charge in [-0.3, -0.25) is 19.7 Å². The molecule has 0 heterocycles. The van der Waals surface area contributed by atoms with Crippen molar-refractivity contribution in [1.29, 1.82) is 0 Å². The molecule has 0 radical (unpaired) electrons. The van der Waals surface area contributed by atoms with Crippen LogP contribution in [0.5, 0.6) is 0 Å². The molecule has 0 spiro atoms. The number of nitro groups is 1. The molecule has 0 atom stereocenters. The van der Waals surface area contributed by atoms with Crippen LogP contribution >= 0.6 is 11.8 Å². The van der Waals surface area contributed by atoms with E-state index >= 15 is 0 Å². The Labute approximate surface area is 167 Å². The fraction of sp³-hybridized carbons (Fsp3) is 0.263. The quantitative estimate of drug-likeness (QED) is 0.398. The van der Waals surface area contributed by atoms with E-state index < -0.39 is 10.8 Å². The summed E-state index contributed by atoms with van der Waals surface area (Å²) in [5.41, 5.74) is 0.984. The first-order chi connectivity index (χ1) is 13.4. The lowest BCUT2D eigenvalue weighted by molar-refractivity contribution is -0.384. The number of nitrogens with zero attached hydrogens (tertiary/aromatic N) is 2. The number of thioether (sulfide) groups is 1. The number of benzene rings is 2. The highest BCUT2D eigenvalue weighted by atomic mass is 32.2. The summed E-state index contributed by atoms with van der Waals surface area (Å²) < 4.78 is 0. The Balaban J connectivity index is 2.10. The highest BCUT2D eigenvalue weighted by molar-refractivity contribution is 7.98. The lowest BCUT2D eigenvalue weighted by atomic mass is 10.1. The second-order valence-corrected chi connectivity index (χ2v) is 6.78. The number of carbonyl (C=O) groups is 2. The van der Waals surface area contributed by atoms with Crippen molar-refractivity contribution in [2.45, 2.75) is 11.8 Å². The summed E-state index contributed by atoms with van der Waals surface area (Å²) in [5, 5.41) is 16.9. The second kappa shape index (κ2) is 9.75. The lowest BCUT2D eigenvalue weighted by Crippen LogP contribution is -2.35. The molecule has 148 valence electrons. The Hall–Kier alpha value is -3.07. The van der Waals surface area contributed by atoms with Crippen molar-refractivity contribution in [2.24, 2.45) is 0 Å². The number of anilines is 2. The van der Waals surface area contributed by atoms with Gasteiger partial charge in [-0.25, -0.2) is 0 Å². The molecule has 9 heteroatoms. The Morgan fingerprint density at radius 2 is 1.89 bits per heavy atom. The maximum atomic E-state index is 12.6. The minimum Gasteiger partial charge on any atom is -0.380 e. The van der Waals surface area contributed by atoms with Gasteiger partial charge in [-0.2, -0.15) is 0 Å². The Kier molecular flexibility index (Phi) is 7.39. The highest BCUT2D eigenvalue weighted by Crippen LogP contribution is 2.26. The van der Waals surface area contributed by atoms with Gasteiger partial charge in [0.25, 0.3) is 11.6 Å². The minimum absolute atomic E-state index is 0.146. The molecular weight excluding hydrogens is 380 g/mol. The minimum atomic E-state index is -0.541. The van der Waals surface area contributed by atoms with Gasteiger partial charge in [0, 0.05) is 30.1 Å². The molecule has 2 aromatic rings. The normalized spacial score (nSPS) is 10.2. The van der Waals surface area contributed by atoms with Crippen LogP contribution in [0.3, 0.4) is 0 Å². The van der Waals surface area contributed by atoms with E-state index in [1.165, 1.54) is 41.9 Å². The summed E-state index contributed by atoms with van der Waals surface area (Å²) >= 11 is 1.50. The van der Waals surface area contributed by atoms with Crippen LogP contribution in [0.25, 0.3) is 0 Å². The van der Waals surface area contributed by atoms with Gasteiger partial charge < -0.3 is 15.5 Å². The molecule has 0 unspecified atom stereocenters. The summed E-state index contributed by atoms with van der Waals surface area (Å²) in [6.45, 7) is 2.17. The molecule has 8 nitrogen and oxygen atoms in total. The number of carbonyl (C=O) groups excluding carboxylic acids is 2. The molecule has 0 fully saturated rings. The molecule has 0 aliphatic heterocycles. The highest BCUT2D eigenvalue weighted by Gasteiger charge is 2.20. The summed E-state index contributed by atoms with van der Waals surface area (Å²) in [4.78, 5) is 37.8. The molecular formula is C19H22N4O4S. The predicted octanol–water partition coefficient (Wildman–Crippen LogP) is 3.46. The van der Waals surface area contributed by atoms with Crippen molar-refractivity contribution in [3.8, 4) is 0 Å². The molecule has 0 saturated heterocycles. The second-order valence-electron chi connectivity index (χ2n) is 5.93. The number of rotatable bonds is 8. The summed E-state index contributed by atoms with van der Waals surface area (Å²) in [6.07, 6.45) is 1.91. The zero-order valence-corrected chi connectivity index (χ0v) is 16.7. The zero-order chi connectivity index (χ0) is 20.7. The van der Waals surface area contributed by atoms with Crippen molar-refractivity contribution in [3.05, 3.63) is 58.1 Å². The molecule has 0 aliphatic carbocycles. The molecule has 2 rings (SSSR count). The van der Waals surface area contributed by atoms with Crippen molar-refractivity contribution < 1.29 is 14.5 Å². The Bertz CT molecular complexity index is 888. The Morgan fingerprint density at radius 1 is 1.18 bits per heavy atom. The average molecular weight is 402 g/mol. The van der Waals surface area contributed by atoms with Gasteiger partial charge in [0.2, 0.25) is 5.91 Å². The fourth-order valence-electron chi connectivity index (χ4n) is 2.60. The smallest absolute Gasteiger partial charge is 0.293 e. The van der Waals surface area contributed by atoms with E-state index in [2.05, 4.69) is 10.6 Å². The zero-order valence-electron chi connectivity index (χ0n) is 15.9.